The molecule has 0 aliphatic heterocycles. The Labute approximate surface area is 171 Å². The minimum absolute atomic E-state index is 0. The summed E-state index contributed by atoms with van der Waals surface area (Å²) in [4.78, 5) is 6.56. The van der Waals surface area contributed by atoms with E-state index in [9.17, 15) is 0 Å². The maximum absolute atomic E-state index is 5.99. The van der Waals surface area contributed by atoms with Crippen LogP contribution in [-0.4, -0.2) is 77.6 Å². The number of methoxy groups -OCH3 is 1. The molecule has 0 saturated heterocycles. The van der Waals surface area contributed by atoms with Gasteiger partial charge in [0, 0.05) is 46.9 Å². The summed E-state index contributed by atoms with van der Waals surface area (Å²) in [6, 6.07) is 0. The molecule has 0 amide bonds. The lowest BCUT2D eigenvalue weighted by Crippen LogP contribution is -2.42. The van der Waals surface area contributed by atoms with Crippen molar-refractivity contribution in [2.75, 3.05) is 60.6 Å². The van der Waals surface area contributed by atoms with E-state index < -0.39 is 0 Å². The Hall–Kier alpha value is -0.120. The Morgan fingerprint density at radius 1 is 1.04 bits per heavy atom. The van der Waals surface area contributed by atoms with Gasteiger partial charge in [-0.2, -0.15) is 0 Å². The van der Waals surface area contributed by atoms with Crippen LogP contribution in [0.1, 0.15) is 44.9 Å². The van der Waals surface area contributed by atoms with Crippen molar-refractivity contribution in [3.05, 3.63) is 0 Å². The summed E-state index contributed by atoms with van der Waals surface area (Å²) in [7, 11) is 5.69. The summed E-state index contributed by atoms with van der Waals surface area (Å²) in [5.41, 5.74) is 0. The Morgan fingerprint density at radius 2 is 1.72 bits per heavy atom. The molecule has 2 N–H and O–H groups in total. The largest absolute Gasteiger partial charge is 0.385 e. The molecule has 25 heavy (non-hydrogen) atoms. The second kappa shape index (κ2) is 17.3. The van der Waals surface area contributed by atoms with Crippen molar-refractivity contribution >= 4 is 29.9 Å². The van der Waals surface area contributed by atoms with Crippen molar-refractivity contribution in [1.82, 2.24) is 15.5 Å². The van der Waals surface area contributed by atoms with E-state index in [0.29, 0.717) is 6.10 Å². The predicted octanol–water partition coefficient (Wildman–Crippen LogP) is 2.48. The number of ether oxygens (including phenoxy) is 2. The normalized spacial score (nSPS) is 16.4. The molecule has 0 radical (unpaired) electrons. The molecule has 0 heterocycles. The zero-order valence-electron chi connectivity index (χ0n) is 16.4. The molecule has 0 aromatic rings. The Morgan fingerprint density at radius 3 is 2.36 bits per heavy atom. The van der Waals surface area contributed by atoms with E-state index in [-0.39, 0.29) is 24.0 Å². The summed E-state index contributed by atoms with van der Waals surface area (Å²) < 4.78 is 11.1. The fraction of sp³-hybridized carbons (Fsp3) is 0.944. The van der Waals surface area contributed by atoms with Gasteiger partial charge in [-0.15, -0.1) is 24.0 Å². The lowest BCUT2D eigenvalue weighted by molar-refractivity contribution is 0.0468. The first-order valence-corrected chi connectivity index (χ1v) is 9.50. The van der Waals surface area contributed by atoms with Crippen LogP contribution in [-0.2, 0) is 9.47 Å². The maximum atomic E-state index is 5.99. The number of hydrogen-bond donors (Lipinski definition) is 2. The second-order valence-electron chi connectivity index (χ2n) is 6.56. The van der Waals surface area contributed by atoms with Gasteiger partial charge in [-0.25, -0.2) is 0 Å². The first-order valence-electron chi connectivity index (χ1n) is 9.50. The van der Waals surface area contributed by atoms with Crippen LogP contribution in [0.5, 0.6) is 0 Å². The molecule has 0 spiro atoms. The van der Waals surface area contributed by atoms with E-state index in [1.165, 1.54) is 38.5 Å². The first-order chi connectivity index (χ1) is 11.8. The monoisotopic (exact) mass is 470 g/mol. The van der Waals surface area contributed by atoms with Crippen molar-refractivity contribution in [2.45, 2.75) is 51.0 Å². The third-order valence-electron chi connectivity index (χ3n) is 4.45. The van der Waals surface area contributed by atoms with Crippen molar-refractivity contribution in [1.29, 1.82) is 0 Å². The summed E-state index contributed by atoms with van der Waals surface area (Å²) >= 11 is 0. The highest BCUT2D eigenvalue weighted by molar-refractivity contribution is 14.0. The molecule has 1 aliphatic rings. The smallest absolute Gasteiger partial charge is 0.191 e. The quantitative estimate of drug-likeness (QED) is 0.160. The lowest BCUT2D eigenvalue weighted by atomic mass is 10.1. The summed E-state index contributed by atoms with van der Waals surface area (Å²) in [5, 5.41) is 6.68. The van der Waals surface area contributed by atoms with Gasteiger partial charge in [0.05, 0.1) is 12.7 Å². The van der Waals surface area contributed by atoms with E-state index in [2.05, 4.69) is 27.6 Å². The van der Waals surface area contributed by atoms with Gasteiger partial charge >= 0.3 is 0 Å². The molecule has 1 fully saturated rings. The minimum atomic E-state index is 0. The molecule has 1 aliphatic carbocycles. The van der Waals surface area contributed by atoms with Crippen LogP contribution in [0.3, 0.4) is 0 Å². The highest BCUT2D eigenvalue weighted by Gasteiger charge is 2.12. The average Bonchev–Trinajstić information content (AvgIpc) is 2.86. The Balaban J connectivity index is 0.00000576. The van der Waals surface area contributed by atoms with Gasteiger partial charge in [0.25, 0.3) is 0 Å². The zero-order valence-corrected chi connectivity index (χ0v) is 18.7. The average molecular weight is 470 g/mol. The Kier molecular flexibility index (Phi) is 17.2. The maximum Gasteiger partial charge on any atom is 0.191 e. The van der Waals surface area contributed by atoms with Crippen LogP contribution >= 0.6 is 24.0 Å². The number of rotatable bonds is 11. The molecule has 0 aromatic carbocycles. The van der Waals surface area contributed by atoms with Crippen molar-refractivity contribution in [3.63, 3.8) is 0 Å². The Bertz CT molecular complexity index is 324. The summed E-state index contributed by atoms with van der Waals surface area (Å²) in [5.74, 6) is 0.852. The highest BCUT2D eigenvalue weighted by atomic mass is 127. The SMILES string of the molecule is CN=C(NCCOC1CCCCCC1)NCCN(C)CCCOC.I. The van der Waals surface area contributed by atoms with E-state index in [4.69, 9.17) is 9.47 Å². The standard InChI is InChI=1S/C18H38N4O2.HI/c1-19-18(20-11-14-22(2)13-8-15-23-3)21-12-16-24-17-9-6-4-5-7-10-17;/h17H,4-16H2,1-3H3,(H2,19,20,21);1H. The zero-order chi connectivity index (χ0) is 17.5. The van der Waals surface area contributed by atoms with Crippen molar-refractivity contribution in [3.8, 4) is 0 Å². The molecule has 1 rings (SSSR count). The van der Waals surface area contributed by atoms with Crippen LogP contribution < -0.4 is 10.6 Å². The van der Waals surface area contributed by atoms with Gasteiger partial charge in [0.15, 0.2) is 5.96 Å². The highest BCUT2D eigenvalue weighted by Crippen LogP contribution is 2.19. The van der Waals surface area contributed by atoms with Crippen LogP contribution in [0.2, 0.25) is 0 Å². The molecule has 0 unspecified atom stereocenters. The number of aliphatic imine (C=N–C) groups is 1. The molecule has 0 bridgehead atoms. The molecule has 150 valence electrons. The molecule has 0 atom stereocenters. The third-order valence-corrected chi connectivity index (χ3v) is 4.45. The lowest BCUT2D eigenvalue weighted by Gasteiger charge is -2.19. The van der Waals surface area contributed by atoms with E-state index in [1.54, 1.807) is 7.11 Å². The predicted molar refractivity (Wildman–Crippen MR) is 116 cm³/mol. The number of likely N-dealkylation sites (N-methyl/N-ethyl adjacent to an activating group) is 1. The number of halogens is 1. The molecular formula is C18H39IN4O2. The van der Waals surface area contributed by atoms with Gasteiger partial charge < -0.3 is 25.0 Å². The third kappa shape index (κ3) is 13.7. The molecule has 0 aromatic heterocycles. The van der Waals surface area contributed by atoms with E-state index in [0.717, 1.165) is 51.8 Å². The fourth-order valence-corrected chi connectivity index (χ4v) is 2.98. The van der Waals surface area contributed by atoms with Crippen molar-refractivity contribution < 1.29 is 9.47 Å². The van der Waals surface area contributed by atoms with Gasteiger partial charge in [0.1, 0.15) is 0 Å². The van der Waals surface area contributed by atoms with E-state index >= 15 is 0 Å². The molecule has 1 saturated carbocycles. The number of guanidine groups is 1. The van der Waals surface area contributed by atoms with Gasteiger partial charge in [-0.1, -0.05) is 25.7 Å². The van der Waals surface area contributed by atoms with Crippen LogP contribution in [0.15, 0.2) is 4.99 Å². The molecular weight excluding hydrogens is 431 g/mol. The van der Waals surface area contributed by atoms with E-state index in [1.807, 2.05) is 7.05 Å². The van der Waals surface area contributed by atoms with Gasteiger partial charge in [-0.05, 0) is 26.3 Å². The first kappa shape index (κ1) is 24.9. The minimum Gasteiger partial charge on any atom is -0.385 e. The second-order valence-corrected chi connectivity index (χ2v) is 6.56. The van der Waals surface area contributed by atoms with Gasteiger partial charge in [0.2, 0.25) is 0 Å². The topological polar surface area (TPSA) is 58.1 Å². The number of hydrogen-bond acceptors (Lipinski definition) is 4. The molecule has 7 heteroatoms. The summed E-state index contributed by atoms with van der Waals surface area (Å²) in [6.07, 6.45) is 9.36. The fourth-order valence-electron chi connectivity index (χ4n) is 2.98. The number of nitrogens with zero attached hydrogens (tertiary/aromatic N) is 2. The molecule has 6 nitrogen and oxygen atoms in total. The number of nitrogens with one attached hydrogen (secondary N) is 2. The van der Waals surface area contributed by atoms with Crippen LogP contribution in [0.25, 0.3) is 0 Å². The van der Waals surface area contributed by atoms with Crippen molar-refractivity contribution in [2.24, 2.45) is 4.99 Å². The van der Waals surface area contributed by atoms with Crippen LogP contribution in [0.4, 0.5) is 0 Å². The summed E-state index contributed by atoms with van der Waals surface area (Å²) in [6.45, 7) is 5.30. The van der Waals surface area contributed by atoms with Gasteiger partial charge in [-0.3, -0.25) is 4.99 Å². The van der Waals surface area contributed by atoms with Crippen LogP contribution in [0, 0.1) is 0 Å².